The van der Waals surface area contributed by atoms with Gasteiger partial charge in [0.2, 0.25) is 0 Å². The van der Waals surface area contributed by atoms with Gasteiger partial charge in [0.15, 0.2) is 5.69 Å². The zero-order valence-electron chi connectivity index (χ0n) is 18.0. The first kappa shape index (κ1) is 23.4. The van der Waals surface area contributed by atoms with Crippen LogP contribution in [-0.4, -0.2) is 42.4 Å². The molecule has 1 fully saturated rings. The maximum Gasteiger partial charge on any atom is 0.405 e. The molecule has 184 valence electrons. The minimum Gasteiger partial charge on any atom is -0.431 e. The summed E-state index contributed by atoms with van der Waals surface area (Å²) < 4.78 is 71.7. The van der Waals surface area contributed by atoms with E-state index in [1.54, 1.807) is 4.72 Å². The Morgan fingerprint density at radius 2 is 1.71 bits per heavy atom. The Kier molecular flexibility index (Phi) is 5.80. The van der Waals surface area contributed by atoms with Gasteiger partial charge in [0.05, 0.1) is 0 Å². The molecular formula is C21H22ClF3N4O4S. The Morgan fingerprint density at radius 3 is 2.32 bits per heavy atom. The minimum atomic E-state index is -4.72. The Labute approximate surface area is 199 Å². The number of hydrogen-bond donors (Lipinski definition) is 2. The van der Waals surface area contributed by atoms with Crippen molar-refractivity contribution in [3.05, 3.63) is 39.2 Å². The maximum absolute atomic E-state index is 13.2. The summed E-state index contributed by atoms with van der Waals surface area (Å²) in [7, 11) is -4.71. The molecule has 13 heteroatoms. The summed E-state index contributed by atoms with van der Waals surface area (Å²) in [6, 6.07) is -2.18. The molecule has 1 amide bonds. The number of oxazole rings is 1. The largest absolute Gasteiger partial charge is 0.431 e. The van der Waals surface area contributed by atoms with E-state index in [-0.39, 0.29) is 35.4 Å². The third-order valence-electron chi connectivity index (χ3n) is 6.65. The lowest BCUT2D eigenvalue weighted by molar-refractivity contribution is -0.165. The predicted molar refractivity (Wildman–Crippen MR) is 117 cm³/mol. The normalized spacial score (nSPS) is 20.4. The molecule has 1 saturated heterocycles. The predicted octanol–water partition coefficient (Wildman–Crippen LogP) is 4.05. The number of nitrogens with zero attached hydrogens (tertiary/aromatic N) is 2. The SMILES string of the molecule is O=C(NS(=O)(=O)N1CCCC1C(F)(F)F)c1coc(Nc2c3c(c(Cl)c4c2CCC4)CCC3)n1. The van der Waals surface area contributed by atoms with Crippen molar-refractivity contribution in [3.8, 4) is 0 Å². The summed E-state index contributed by atoms with van der Waals surface area (Å²) in [5, 5.41) is 3.95. The quantitative estimate of drug-likeness (QED) is 0.619. The van der Waals surface area contributed by atoms with Crippen molar-refractivity contribution in [2.24, 2.45) is 0 Å². The highest BCUT2D eigenvalue weighted by molar-refractivity contribution is 7.87. The van der Waals surface area contributed by atoms with Crippen molar-refractivity contribution in [2.75, 3.05) is 11.9 Å². The highest BCUT2D eigenvalue weighted by Crippen LogP contribution is 2.44. The van der Waals surface area contributed by atoms with Crippen LogP contribution in [0.2, 0.25) is 5.02 Å². The van der Waals surface area contributed by atoms with E-state index in [4.69, 9.17) is 16.0 Å². The van der Waals surface area contributed by atoms with Crippen molar-refractivity contribution < 1.29 is 30.8 Å². The van der Waals surface area contributed by atoms with E-state index in [1.807, 2.05) is 0 Å². The standard InChI is InChI=1S/C21H22ClF3N4O4S/c22-17-11-4-1-6-13(11)18(14-7-2-5-12(14)17)27-20-26-15(10-33-20)19(30)28-34(31,32)29-9-3-8-16(29)21(23,24)25/h10,16H,1-9H2,(H,26,27)(H,28,30). The van der Waals surface area contributed by atoms with E-state index in [1.165, 1.54) is 0 Å². The second kappa shape index (κ2) is 8.42. The molecule has 1 aromatic heterocycles. The Bertz CT molecular complexity index is 1230. The molecule has 8 nitrogen and oxygen atoms in total. The summed E-state index contributed by atoms with van der Waals surface area (Å²) in [6.45, 7) is -0.328. The number of hydrogen-bond acceptors (Lipinski definition) is 6. The van der Waals surface area contributed by atoms with Crippen LogP contribution in [0.4, 0.5) is 24.9 Å². The third kappa shape index (κ3) is 4.05. The van der Waals surface area contributed by atoms with Gasteiger partial charge in [0, 0.05) is 17.3 Å². The molecule has 0 radical (unpaired) electrons. The van der Waals surface area contributed by atoms with Crippen LogP contribution < -0.4 is 10.0 Å². The van der Waals surface area contributed by atoms with Crippen molar-refractivity contribution in [1.29, 1.82) is 0 Å². The number of alkyl halides is 3. The zero-order chi connectivity index (χ0) is 24.3. The highest BCUT2D eigenvalue weighted by Gasteiger charge is 2.50. The van der Waals surface area contributed by atoms with Crippen LogP contribution in [0, 0.1) is 0 Å². The van der Waals surface area contributed by atoms with Crippen LogP contribution in [0.1, 0.15) is 58.4 Å². The van der Waals surface area contributed by atoms with Crippen LogP contribution >= 0.6 is 11.6 Å². The van der Waals surface area contributed by atoms with Gasteiger partial charge >= 0.3 is 16.4 Å². The molecule has 1 aromatic carbocycles. The monoisotopic (exact) mass is 518 g/mol. The van der Waals surface area contributed by atoms with E-state index < -0.39 is 28.3 Å². The van der Waals surface area contributed by atoms with Crippen LogP contribution in [0.25, 0.3) is 0 Å². The number of aromatic nitrogens is 1. The van der Waals surface area contributed by atoms with Gasteiger partial charge < -0.3 is 9.73 Å². The number of anilines is 2. The molecule has 0 saturated carbocycles. The first-order valence-corrected chi connectivity index (χ1v) is 12.9. The molecule has 1 aliphatic heterocycles. The number of carbonyl (C=O) groups is 1. The molecule has 5 rings (SSSR count). The fourth-order valence-electron chi connectivity index (χ4n) is 5.16. The van der Waals surface area contributed by atoms with Crippen LogP contribution in [0.15, 0.2) is 10.7 Å². The molecule has 2 aliphatic carbocycles. The molecule has 0 spiro atoms. The molecule has 2 N–H and O–H groups in total. The maximum atomic E-state index is 13.2. The second-order valence-corrected chi connectivity index (χ2v) is 10.7. The molecule has 2 heterocycles. The average molecular weight is 519 g/mol. The molecule has 1 atom stereocenters. The molecule has 2 aromatic rings. The lowest BCUT2D eigenvalue weighted by Crippen LogP contribution is -2.50. The Hall–Kier alpha value is -2.31. The number of fused-ring (bicyclic) bond motifs is 2. The molecule has 1 unspecified atom stereocenters. The second-order valence-electron chi connectivity index (χ2n) is 8.72. The number of benzene rings is 1. The van der Waals surface area contributed by atoms with E-state index in [2.05, 4.69) is 10.3 Å². The Morgan fingerprint density at radius 1 is 1.09 bits per heavy atom. The first-order chi connectivity index (χ1) is 16.1. The van der Waals surface area contributed by atoms with Crippen molar-refractivity contribution in [3.63, 3.8) is 0 Å². The summed E-state index contributed by atoms with van der Waals surface area (Å²) in [5.41, 5.74) is 4.87. The molecule has 0 bridgehead atoms. The van der Waals surface area contributed by atoms with Crippen LogP contribution in [-0.2, 0) is 35.9 Å². The fourth-order valence-corrected chi connectivity index (χ4v) is 6.97. The number of halogens is 4. The number of nitrogens with one attached hydrogen (secondary N) is 2. The van der Waals surface area contributed by atoms with Gasteiger partial charge in [-0.25, -0.2) is 4.72 Å². The first-order valence-electron chi connectivity index (χ1n) is 11.0. The van der Waals surface area contributed by atoms with E-state index in [9.17, 15) is 26.4 Å². The van der Waals surface area contributed by atoms with Crippen molar-refractivity contribution in [2.45, 2.75) is 63.6 Å². The number of amides is 1. The number of carbonyl (C=O) groups excluding carboxylic acids is 1. The highest BCUT2D eigenvalue weighted by atomic mass is 35.5. The fraction of sp³-hybridized carbons (Fsp3) is 0.524. The summed E-state index contributed by atoms with van der Waals surface area (Å²) >= 11 is 6.62. The summed E-state index contributed by atoms with van der Waals surface area (Å²) in [5.74, 6) is -1.17. The molecular weight excluding hydrogens is 497 g/mol. The topological polar surface area (TPSA) is 105 Å². The van der Waals surface area contributed by atoms with Gasteiger partial charge in [-0.05, 0) is 73.6 Å². The average Bonchev–Trinajstić information content (AvgIpc) is 3.55. The van der Waals surface area contributed by atoms with Crippen LogP contribution in [0.3, 0.4) is 0 Å². The van der Waals surface area contributed by atoms with Crippen molar-refractivity contribution in [1.82, 2.24) is 14.0 Å². The van der Waals surface area contributed by atoms with Crippen LogP contribution in [0.5, 0.6) is 0 Å². The minimum absolute atomic E-state index is 0.0117. The van der Waals surface area contributed by atoms with Crippen molar-refractivity contribution >= 4 is 39.4 Å². The van der Waals surface area contributed by atoms with Gasteiger partial charge in [-0.3, -0.25) is 4.79 Å². The lowest BCUT2D eigenvalue weighted by atomic mass is 9.98. The zero-order valence-corrected chi connectivity index (χ0v) is 19.5. The summed E-state index contributed by atoms with van der Waals surface area (Å²) in [6.07, 6.45) is 1.32. The van der Waals surface area contributed by atoms with E-state index in [0.29, 0.717) is 0 Å². The Balaban J connectivity index is 1.35. The smallest absolute Gasteiger partial charge is 0.405 e. The molecule has 34 heavy (non-hydrogen) atoms. The van der Waals surface area contributed by atoms with E-state index >= 15 is 0 Å². The number of rotatable bonds is 5. The van der Waals surface area contributed by atoms with Gasteiger partial charge in [-0.1, -0.05) is 11.6 Å². The van der Waals surface area contributed by atoms with Gasteiger partial charge in [0.25, 0.3) is 11.9 Å². The van der Waals surface area contributed by atoms with Gasteiger partial charge in [-0.15, -0.1) is 0 Å². The van der Waals surface area contributed by atoms with Gasteiger partial charge in [-0.2, -0.15) is 30.9 Å². The van der Waals surface area contributed by atoms with E-state index in [0.717, 1.165) is 77.8 Å². The lowest BCUT2D eigenvalue weighted by Gasteiger charge is -2.25. The molecule has 3 aliphatic rings. The summed E-state index contributed by atoms with van der Waals surface area (Å²) in [4.78, 5) is 16.5. The third-order valence-corrected chi connectivity index (χ3v) is 8.60. The van der Waals surface area contributed by atoms with Gasteiger partial charge in [0.1, 0.15) is 12.3 Å².